The molecule has 92 valence electrons. The first-order valence-electron chi connectivity index (χ1n) is 5.43. The second-order valence-electron chi connectivity index (χ2n) is 3.82. The number of nitrogens with zero attached hydrogens (tertiary/aromatic N) is 1. The van der Waals surface area contributed by atoms with Gasteiger partial charge in [0.2, 0.25) is 5.91 Å². The number of primary amides is 1. The van der Waals surface area contributed by atoms with E-state index in [1.54, 1.807) is 24.3 Å². The SMILES string of the molecule is NC(=O)c1ccc(NCc2ccc(O)cc2)nc1. The standard InChI is InChI=1S/C13H13N3O2/c14-13(18)10-3-6-12(16-8-10)15-7-9-1-4-11(17)5-2-9/h1-6,8,17H,7H2,(H2,14,18)(H,15,16). The Labute approximate surface area is 104 Å². The molecule has 0 fully saturated rings. The first-order valence-corrected chi connectivity index (χ1v) is 5.43. The predicted molar refractivity (Wildman–Crippen MR) is 68.2 cm³/mol. The van der Waals surface area contributed by atoms with Gasteiger partial charge in [-0.25, -0.2) is 4.98 Å². The first kappa shape index (κ1) is 11.9. The lowest BCUT2D eigenvalue weighted by molar-refractivity contribution is 0.1000. The third-order valence-corrected chi connectivity index (χ3v) is 2.46. The number of phenolic OH excluding ortho intramolecular Hbond substituents is 1. The number of amides is 1. The van der Waals surface area contributed by atoms with Crippen LogP contribution < -0.4 is 11.1 Å². The fourth-order valence-corrected chi connectivity index (χ4v) is 1.45. The normalized spacial score (nSPS) is 10.0. The zero-order valence-electron chi connectivity index (χ0n) is 9.63. The number of carbonyl (C=O) groups excluding carboxylic acids is 1. The van der Waals surface area contributed by atoms with Crippen LogP contribution in [0.3, 0.4) is 0 Å². The number of rotatable bonds is 4. The maximum atomic E-state index is 10.9. The third-order valence-electron chi connectivity index (χ3n) is 2.46. The number of hydrogen-bond acceptors (Lipinski definition) is 4. The van der Waals surface area contributed by atoms with E-state index in [-0.39, 0.29) is 5.75 Å². The molecule has 1 amide bonds. The van der Waals surface area contributed by atoms with Crippen molar-refractivity contribution < 1.29 is 9.90 Å². The van der Waals surface area contributed by atoms with Gasteiger partial charge in [0.1, 0.15) is 11.6 Å². The molecule has 18 heavy (non-hydrogen) atoms. The van der Waals surface area contributed by atoms with Crippen LogP contribution in [0, 0.1) is 0 Å². The van der Waals surface area contributed by atoms with E-state index < -0.39 is 5.91 Å². The smallest absolute Gasteiger partial charge is 0.250 e. The fourth-order valence-electron chi connectivity index (χ4n) is 1.45. The van der Waals surface area contributed by atoms with Gasteiger partial charge in [-0.15, -0.1) is 0 Å². The van der Waals surface area contributed by atoms with Gasteiger partial charge >= 0.3 is 0 Å². The Morgan fingerprint density at radius 2 is 1.94 bits per heavy atom. The molecular formula is C13H13N3O2. The summed E-state index contributed by atoms with van der Waals surface area (Å²) >= 11 is 0. The molecule has 0 aliphatic carbocycles. The number of nitrogens with two attached hydrogens (primary N) is 1. The lowest BCUT2D eigenvalue weighted by atomic mass is 10.2. The molecule has 2 rings (SSSR count). The first-order chi connectivity index (χ1) is 8.65. The molecule has 2 aromatic rings. The van der Waals surface area contributed by atoms with Gasteiger partial charge in [-0.05, 0) is 29.8 Å². The van der Waals surface area contributed by atoms with Crippen molar-refractivity contribution in [2.45, 2.75) is 6.54 Å². The number of phenols is 1. The van der Waals surface area contributed by atoms with Crippen LogP contribution in [0.4, 0.5) is 5.82 Å². The number of aromatic nitrogens is 1. The Hall–Kier alpha value is -2.56. The van der Waals surface area contributed by atoms with Gasteiger partial charge in [-0.1, -0.05) is 12.1 Å². The van der Waals surface area contributed by atoms with Gasteiger partial charge in [-0.2, -0.15) is 0 Å². The van der Waals surface area contributed by atoms with E-state index in [0.29, 0.717) is 17.9 Å². The molecule has 5 nitrogen and oxygen atoms in total. The van der Waals surface area contributed by atoms with Crippen molar-refractivity contribution in [1.29, 1.82) is 0 Å². The average Bonchev–Trinajstić information content (AvgIpc) is 2.38. The molecule has 0 radical (unpaired) electrons. The van der Waals surface area contributed by atoms with Crippen molar-refractivity contribution >= 4 is 11.7 Å². The van der Waals surface area contributed by atoms with Crippen molar-refractivity contribution in [1.82, 2.24) is 4.98 Å². The predicted octanol–water partition coefficient (Wildman–Crippen LogP) is 1.50. The number of anilines is 1. The Kier molecular flexibility index (Phi) is 3.43. The van der Waals surface area contributed by atoms with Crippen molar-refractivity contribution in [3.63, 3.8) is 0 Å². The molecule has 4 N–H and O–H groups in total. The van der Waals surface area contributed by atoms with E-state index in [1.165, 1.54) is 6.20 Å². The van der Waals surface area contributed by atoms with Crippen molar-refractivity contribution in [2.75, 3.05) is 5.32 Å². The minimum absolute atomic E-state index is 0.239. The zero-order chi connectivity index (χ0) is 13.0. The van der Waals surface area contributed by atoms with Crippen LogP contribution in [0.5, 0.6) is 5.75 Å². The van der Waals surface area contributed by atoms with Crippen LogP contribution in [-0.2, 0) is 6.54 Å². The molecule has 0 aliphatic heterocycles. The van der Waals surface area contributed by atoms with Crippen LogP contribution in [-0.4, -0.2) is 16.0 Å². The second kappa shape index (κ2) is 5.18. The van der Waals surface area contributed by atoms with Gasteiger partial charge < -0.3 is 16.2 Å². The van der Waals surface area contributed by atoms with E-state index in [4.69, 9.17) is 10.8 Å². The molecule has 0 atom stereocenters. The topological polar surface area (TPSA) is 88.2 Å². The molecule has 1 aromatic heterocycles. The summed E-state index contributed by atoms with van der Waals surface area (Å²) in [7, 11) is 0. The highest BCUT2D eigenvalue weighted by Gasteiger charge is 2.00. The summed E-state index contributed by atoms with van der Waals surface area (Å²) in [4.78, 5) is 14.9. The average molecular weight is 243 g/mol. The maximum absolute atomic E-state index is 10.9. The Morgan fingerprint density at radius 3 is 2.50 bits per heavy atom. The van der Waals surface area contributed by atoms with Gasteiger partial charge in [-0.3, -0.25) is 4.79 Å². The summed E-state index contributed by atoms with van der Waals surface area (Å²) in [6.45, 7) is 0.587. The highest BCUT2D eigenvalue weighted by atomic mass is 16.3. The monoisotopic (exact) mass is 243 g/mol. The molecule has 5 heteroatoms. The highest BCUT2D eigenvalue weighted by Crippen LogP contribution is 2.11. The Balaban J connectivity index is 1.97. The third kappa shape index (κ3) is 2.98. The summed E-state index contributed by atoms with van der Waals surface area (Å²) in [6, 6.07) is 10.2. The summed E-state index contributed by atoms with van der Waals surface area (Å²) in [5, 5.41) is 12.2. The summed E-state index contributed by atoms with van der Waals surface area (Å²) in [6.07, 6.45) is 1.43. The fraction of sp³-hybridized carbons (Fsp3) is 0.0769. The summed E-state index contributed by atoms with van der Waals surface area (Å²) in [5.74, 6) is 0.406. The zero-order valence-corrected chi connectivity index (χ0v) is 9.63. The Morgan fingerprint density at radius 1 is 1.22 bits per heavy atom. The highest BCUT2D eigenvalue weighted by molar-refractivity contribution is 5.92. The number of benzene rings is 1. The van der Waals surface area contributed by atoms with Gasteiger partial charge in [0, 0.05) is 12.7 Å². The van der Waals surface area contributed by atoms with Gasteiger partial charge in [0.25, 0.3) is 0 Å². The largest absolute Gasteiger partial charge is 0.508 e. The van der Waals surface area contributed by atoms with Crippen molar-refractivity contribution in [3.8, 4) is 5.75 Å². The number of pyridine rings is 1. The number of aromatic hydroxyl groups is 1. The van der Waals surface area contributed by atoms with Gasteiger partial charge in [0.05, 0.1) is 5.56 Å². The molecule has 0 unspecified atom stereocenters. The van der Waals surface area contributed by atoms with Crippen molar-refractivity contribution in [2.24, 2.45) is 5.73 Å². The molecule has 1 aromatic carbocycles. The van der Waals surface area contributed by atoms with E-state index in [1.807, 2.05) is 12.1 Å². The minimum Gasteiger partial charge on any atom is -0.508 e. The summed E-state index contributed by atoms with van der Waals surface area (Å²) < 4.78 is 0. The molecule has 1 heterocycles. The van der Waals surface area contributed by atoms with Crippen LogP contribution in [0.2, 0.25) is 0 Å². The van der Waals surface area contributed by atoms with E-state index in [2.05, 4.69) is 10.3 Å². The molecular weight excluding hydrogens is 230 g/mol. The lowest BCUT2D eigenvalue weighted by Gasteiger charge is -2.06. The quantitative estimate of drug-likeness (QED) is 0.759. The maximum Gasteiger partial charge on any atom is 0.250 e. The molecule has 0 spiro atoms. The van der Waals surface area contributed by atoms with Crippen LogP contribution in [0.1, 0.15) is 15.9 Å². The second-order valence-corrected chi connectivity index (χ2v) is 3.82. The summed E-state index contributed by atoms with van der Waals surface area (Å²) in [5.41, 5.74) is 6.52. The molecule has 0 saturated heterocycles. The van der Waals surface area contributed by atoms with Gasteiger partial charge in [0.15, 0.2) is 0 Å². The van der Waals surface area contributed by atoms with Crippen molar-refractivity contribution in [3.05, 3.63) is 53.7 Å². The molecule has 0 aliphatic rings. The number of carbonyl (C=O) groups is 1. The van der Waals surface area contributed by atoms with Crippen LogP contribution in [0.15, 0.2) is 42.6 Å². The number of nitrogens with one attached hydrogen (secondary N) is 1. The van der Waals surface area contributed by atoms with E-state index in [0.717, 1.165) is 5.56 Å². The molecule has 0 bridgehead atoms. The van der Waals surface area contributed by atoms with E-state index in [9.17, 15) is 4.79 Å². The minimum atomic E-state index is -0.493. The van der Waals surface area contributed by atoms with Crippen LogP contribution in [0.25, 0.3) is 0 Å². The number of hydrogen-bond donors (Lipinski definition) is 3. The lowest BCUT2D eigenvalue weighted by Crippen LogP contribution is -2.11. The van der Waals surface area contributed by atoms with E-state index >= 15 is 0 Å². The van der Waals surface area contributed by atoms with Crippen LogP contribution >= 0.6 is 0 Å². The Bertz CT molecular complexity index is 535. The molecule has 0 saturated carbocycles.